The minimum atomic E-state index is -0.679. The third-order valence-electron chi connectivity index (χ3n) is 9.21. The number of carbonyl (C=O) groups excluding carboxylic acids is 4. The van der Waals surface area contributed by atoms with E-state index in [-0.39, 0.29) is 29.2 Å². The lowest BCUT2D eigenvalue weighted by Gasteiger charge is -2.45. The number of anilines is 2. The number of nitrogens with one attached hydrogen (secondary N) is 1. The maximum absolute atomic E-state index is 14.0. The summed E-state index contributed by atoms with van der Waals surface area (Å²) < 4.78 is 5.27. The van der Waals surface area contributed by atoms with E-state index in [0.717, 1.165) is 33.0 Å². The molecule has 7 nitrogen and oxygen atoms in total. The standard InChI is InChI=1S/C37H26N2O5/c40-30(38-29-15-7-9-21-8-1-2-10-24(21)29)20-44-37(43)22-16-18-23(19-17-22)39-35(41)33-31-25-11-3-4-12-26(25)32(34(33)36(39)42)28-14-6-5-13-27(28)31/h1-19,31-34H,20H2,(H,38,40)/t31?,32?,33-,34+. The van der Waals surface area contributed by atoms with Crippen LogP contribution in [-0.4, -0.2) is 30.3 Å². The van der Waals surface area contributed by atoms with E-state index in [2.05, 4.69) is 29.6 Å². The van der Waals surface area contributed by atoms with Gasteiger partial charge in [0.05, 0.1) is 23.1 Å². The smallest absolute Gasteiger partial charge is 0.338 e. The summed E-state index contributed by atoms with van der Waals surface area (Å²) in [6.45, 7) is -0.458. The molecule has 0 spiro atoms. The fourth-order valence-corrected chi connectivity index (χ4v) is 7.41. The molecule has 214 valence electrons. The van der Waals surface area contributed by atoms with E-state index >= 15 is 0 Å². The predicted molar refractivity (Wildman–Crippen MR) is 165 cm³/mol. The molecule has 1 aliphatic heterocycles. The molecule has 0 radical (unpaired) electrons. The van der Waals surface area contributed by atoms with Gasteiger partial charge in [0.15, 0.2) is 6.61 Å². The van der Waals surface area contributed by atoms with Gasteiger partial charge < -0.3 is 10.1 Å². The molecule has 2 bridgehead atoms. The van der Waals surface area contributed by atoms with Gasteiger partial charge in [0.1, 0.15) is 0 Å². The van der Waals surface area contributed by atoms with Crippen molar-refractivity contribution < 1.29 is 23.9 Å². The second-order valence-electron chi connectivity index (χ2n) is 11.5. The second-order valence-corrected chi connectivity index (χ2v) is 11.5. The van der Waals surface area contributed by atoms with Gasteiger partial charge in [-0.05, 0) is 58.0 Å². The molecule has 5 aromatic carbocycles. The molecule has 9 rings (SSSR count). The van der Waals surface area contributed by atoms with Crippen molar-refractivity contribution in [1.29, 1.82) is 0 Å². The zero-order chi connectivity index (χ0) is 29.9. The van der Waals surface area contributed by atoms with Crippen molar-refractivity contribution in [2.75, 3.05) is 16.8 Å². The van der Waals surface area contributed by atoms with Gasteiger partial charge in [-0.2, -0.15) is 0 Å². The zero-order valence-electron chi connectivity index (χ0n) is 23.5. The van der Waals surface area contributed by atoms with Crippen LogP contribution in [0.2, 0.25) is 0 Å². The minimum Gasteiger partial charge on any atom is -0.452 e. The Balaban J connectivity index is 0.992. The number of esters is 1. The van der Waals surface area contributed by atoms with Crippen LogP contribution < -0.4 is 10.2 Å². The van der Waals surface area contributed by atoms with Crippen LogP contribution in [0.1, 0.15) is 44.4 Å². The molecule has 1 saturated heterocycles. The number of amides is 3. The quantitative estimate of drug-likeness (QED) is 0.203. The number of benzene rings is 5. The molecule has 5 aromatic rings. The zero-order valence-corrected chi connectivity index (χ0v) is 23.5. The van der Waals surface area contributed by atoms with Crippen molar-refractivity contribution >= 4 is 45.8 Å². The lowest BCUT2D eigenvalue weighted by molar-refractivity contribution is -0.122. The number of ether oxygens (including phenoxy) is 1. The normalized spacial score (nSPS) is 21.0. The molecule has 3 amide bonds. The van der Waals surface area contributed by atoms with Crippen LogP contribution in [-0.2, 0) is 19.1 Å². The molecule has 1 N–H and O–H groups in total. The highest BCUT2D eigenvalue weighted by molar-refractivity contribution is 6.23. The van der Waals surface area contributed by atoms with Crippen LogP contribution in [0.3, 0.4) is 0 Å². The summed E-state index contributed by atoms with van der Waals surface area (Å²) in [5.41, 5.74) is 5.71. The summed E-state index contributed by atoms with van der Waals surface area (Å²) in [6, 6.07) is 35.7. The first-order chi connectivity index (χ1) is 21.5. The number of nitrogens with zero attached hydrogens (tertiary/aromatic N) is 1. The molecule has 3 aliphatic carbocycles. The van der Waals surface area contributed by atoms with Gasteiger partial charge in [-0.25, -0.2) is 9.69 Å². The van der Waals surface area contributed by atoms with Gasteiger partial charge in [0.2, 0.25) is 11.8 Å². The van der Waals surface area contributed by atoms with Crippen molar-refractivity contribution in [2.24, 2.45) is 11.8 Å². The first kappa shape index (κ1) is 26.1. The van der Waals surface area contributed by atoms with E-state index in [0.29, 0.717) is 11.4 Å². The van der Waals surface area contributed by atoms with Gasteiger partial charge in [0, 0.05) is 22.9 Å². The largest absolute Gasteiger partial charge is 0.452 e. The Morgan fingerprint density at radius 1 is 0.636 bits per heavy atom. The van der Waals surface area contributed by atoms with Crippen molar-refractivity contribution in [3.63, 3.8) is 0 Å². The highest BCUT2D eigenvalue weighted by Gasteiger charge is 2.61. The Morgan fingerprint density at radius 2 is 1.16 bits per heavy atom. The molecule has 1 heterocycles. The Kier molecular flexibility index (Phi) is 5.94. The molecule has 0 saturated carbocycles. The average molecular weight is 579 g/mol. The van der Waals surface area contributed by atoms with E-state index in [9.17, 15) is 19.2 Å². The first-order valence-electron chi connectivity index (χ1n) is 14.6. The number of hydrogen-bond donors (Lipinski definition) is 1. The number of carbonyl (C=O) groups is 4. The summed E-state index contributed by atoms with van der Waals surface area (Å²) in [7, 11) is 0. The monoisotopic (exact) mass is 578 g/mol. The highest BCUT2D eigenvalue weighted by Crippen LogP contribution is 2.61. The topological polar surface area (TPSA) is 92.8 Å². The highest BCUT2D eigenvalue weighted by atomic mass is 16.5. The van der Waals surface area contributed by atoms with E-state index in [1.54, 1.807) is 18.2 Å². The molecular formula is C37H26N2O5. The molecule has 0 aromatic heterocycles. The molecule has 1 fully saturated rings. The lowest BCUT2D eigenvalue weighted by Crippen LogP contribution is -2.41. The molecule has 44 heavy (non-hydrogen) atoms. The summed E-state index contributed by atoms with van der Waals surface area (Å²) in [6.07, 6.45) is 0. The van der Waals surface area contributed by atoms with Crippen molar-refractivity contribution in [2.45, 2.75) is 11.8 Å². The second kappa shape index (κ2) is 10.0. The molecule has 2 atom stereocenters. The van der Waals surface area contributed by atoms with Crippen LogP contribution in [0.5, 0.6) is 0 Å². The molecule has 0 unspecified atom stereocenters. The summed E-state index contributed by atoms with van der Waals surface area (Å²) in [5.74, 6) is -2.93. The van der Waals surface area contributed by atoms with Gasteiger partial charge in [-0.1, -0.05) is 84.9 Å². The maximum Gasteiger partial charge on any atom is 0.338 e. The van der Waals surface area contributed by atoms with Gasteiger partial charge in [0.25, 0.3) is 5.91 Å². The van der Waals surface area contributed by atoms with E-state index in [1.165, 1.54) is 17.0 Å². The Labute approximate surface area is 253 Å². The summed E-state index contributed by atoms with van der Waals surface area (Å²) in [4.78, 5) is 54.5. The van der Waals surface area contributed by atoms with Crippen LogP contribution in [0.4, 0.5) is 11.4 Å². The number of rotatable bonds is 5. The van der Waals surface area contributed by atoms with Crippen molar-refractivity contribution in [3.8, 4) is 0 Å². The third kappa shape index (κ3) is 3.89. The van der Waals surface area contributed by atoms with Gasteiger partial charge in [-0.15, -0.1) is 0 Å². The number of imide groups is 1. The Bertz CT molecular complexity index is 1900. The fraction of sp³-hybridized carbons (Fsp3) is 0.135. The van der Waals surface area contributed by atoms with E-state index in [1.807, 2.05) is 60.7 Å². The first-order valence-corrected chi connectivity index (χ1v) is 14.6. The van der Waals surface area contributed by atoms with Crippen LogP contribution in [0.25, 0.3) is 10.8 Å². The lowest BCUT2D eigenvalue weighted by atomic mass is 9.55. The van der Waals surface area contributed by atoms with E-state index in [4.69, 9.17) is 4.74 Å². The number of hydrogen-bond acceptors (Lipinski definition) is 5. The Morgan fingerprint density at radius 3 is 1.75 bits per heavy atom. The summed E-state index contributed by atoms with van der Waals surface area (Å²) in [5, 5.41) is 4.67. The minimum absolute atomic E-state index is 0.187. The van der Waals surface area contributed by atoms with Crippen LogP contribution >= 0.6 is 0 Å². The summed E-state index contributed by atoms with van der Waals surface area (Å²) >= 11 is 0. The fourth-order valence-electron chi connectivity index (χ4n) is 7.41. The number of fused-ring (bicyclic) bond motifs is 1. The van der Waals surface area contributed by atoms with Gasteiger partial charge >= 0.3 is 5.97 Å². The maximum atomic E-state index is 14.0. The Hall–Kier alpha value is -5.56. The van der Waals surface area contributed by atoms with Gasteiger partial charge in [-0.3, -0.25) is 14.4 Å². The molecule has 7 heteroatoms. The van der Waals surface area contributed by atoms with Crippen LogP contribution in [0, 0.1) is 11.8 Å². The van der Waals surface area contributed by atoms with E-state index < -0.39 is 30.3 Å². The van der Waals surface area contributed by atoms with Crippen molar-refractivity contribution in [3.05, 3.63) is 143 Å². The third-order valence-corrected chi connectivity index (χ3v) is 9.21. The average Bonchev–Trinajstić information content (AvgIpc) is 3.33. The van der Waals surface area contributed by atoms with Crippen LogP contribution in [0.15, 0.2) is 115 Å². The SMILES string of the molecule is O=C(COC(=O)c1ccc(N2C(=O)[C@@H]3C4c5ccccc5C(c5ccccc54)[C@@H]3C2=O)cc1)Nc1cccc2ccccc12. The van der Waals surface area contributed by atoms with Crippen molar-refractivity contribution in [1.82, 2.24) is 0 Å². The molecule has 4 aliphatic rings. The molecular weight excluding hydrogens is 552 g/mol. The predicted octanol–water partition coefficient (Wildman–Crippen LogP) is 6.03.